The van der Waals surface area contributed by atoms with Crippen LogP contribution < -0.4 is 4.74 Å². The Morgan fingerprint density at radius 3 is 2.32 bits per heavy atom. The Morgan fingerprint density at radius 2 is 1.50 bits per heavy atom. The van der Waals surface area contributed by atoms with Crippen LogP contribution in [0.3, 0.4) is 0 Å². The van der Waals surface area contributed by atoms with Crippen LogP contribution in [0.4, 0.5) is 5.69 Å². The number of hydrogen-bond acceptors (Lipinski definition) is 3. The molecule has 0 unspecified atom stereocenters. The van der Waals surface area contributed by atoms with Crippen LogP contribution in [0, 0.1) is 0 Å². The molecule has 0 aliphatic rings. The van der Waals surface area contributed by atoms with Gasteiger partial charge in [-0.05, 0) is 60.2 Å². The third-order valence-electron chi connectivity index (χ3n) is 6.01. The molecule has 0 spiro atoms. The van der Waals surface area contributed by atoms with E-state index in [4.69, 9.17) is 14.7 Å². The van der Waals surface area contributed by atoms with Gasteiger partial charge in [-0.3, -0.25) is 4.99 Å². The number of imidazole rings is 1. The summed E-state index contributed by atoms with van der Waals surface area (Å²) in [4.78, 5) is 16.7. The maximum absolute atomic E-state index is 5.33. The minimum Gasteiger partial charge on any atom is -0.497 e. The lowest BCUT2D eigenvalue weighted by molar-refractivity contribution is 0.415. The standard InChI is InChI=1S/C29H22N4O/c1-34-20-16-14-19(15-17-20)28-23(21-8-2-5-11-25(21)31-28)18-30-24-10-4-3-9-22(24)29-32-26-12-6-7-13-27(26)33-29/h2-18,31H,1H3,(H,32,33). The molecule has 0 saturated heterocycles. The number of ether oxygens (including phenoxy) is 1. The van der Waals surface area contributed by atoms with Crippen molar-refractivity contribution in [2.24, 2.45) is 4.99 Å². The van der Waals surface area contributed by atoms with Crippen LogP contribution in [0.15, 0.2) is 102 Å². The molecule has 2 aromatic heterocycles. The third kappa shape index (κ3) is 3.53. The van der Waals surface area contributed by atoms with Crippen LogP contribution in [0.5, 0.6) is 5.75 Å². The highest BCUT2D eigenvalue weighted by molar-refractivity contribution is 6.06. The number of aromatic nitrogens is 3. The molecule has 6 aromatic rings. The average molecular weight is 443 g/mol. The predicted molar refractivity (Wildman–Crippen MR) is 139 cm³/mol. The fraction of sp³-hybridized carbons (Fsp3) is 0.0345. The smallest absolute Gasteiger partial charge is 0.140 e. The molecular formula is C29H22N4O. The van der Waals surface area contributed by atoms with Crippen molar-refractivity contribution in [1.29, 1.82) is 0 Å². The zero-order chi connectivity index (χ0) is 22.9. The van der Waals surface area contributed by atoms with Gasteiger partial charge in [0.15, 0.2) is 0 Å². The molecule has 5 nitrogen and oxygen atoms in total. The molecule has 0 aliphatic heterocycles. The van der Waals surface area contributed by atoms with Crippen molar-refractivity contribution in [3.8, 4) is 28.4 Å². The lowest BCUT2D eigenvalue weighted by Crippen LogP contribution is -1.88. The second-order valence-corrected chi connectivity index (χ2v) is 8.07. The van der Waals surface area contributed by atoms with E-state index in [1.807, 2.05) is 79.0 Å². The van der Waals surface area contributed by atoms with Crippen molar-refractivity contribution in [3.05, 3.63) is 103 Å². The van der Waals surface area contributed by atoms with Gasteiger partial charge in [0.1, 0.15) is 11.6 Å². The fourth-order valence-electron chi connectivity index (χ4n) is 4.28. The molecule has 0 amide bonds. The zero-order valence-electron chi connectivity index (χ0n) is 18.6. The van der Waals surface area contributed by atoms with Crippen molar-refractivity contribution >= 4 is 33.8 Å². The van der Waals surface area contributed by atoms with Crippen molar-refractivity contribution in [1.82, 2.24) is 15.0 Å². The van der Waals surface area contributed by atoms with E-state index in [-0.39, 0.29) is 0 Å². The van der Waals surface area contributed by atoms with E-state index in [1.54, 1.807) is 7.11 Å². The number of H-pyrrole nitrogens is 2. The second kappa shape index (κ2) is 8.37. The molecule has 0 bridgehead atoms. The first kappa shape index (κ1) is 20.0. The Morgan fingerprint density at radius 1 is 0.765 bits per heavy atom. The molecule has 0 atom stereocenters. The Kier molecular flexibility index (Phi) is 4.92. The molecule has 5 heteroatoms. The number of nitrogens with one attached hydrogen (secondary N) is 2. The quantitative estimate of drug-likeness (QED) is 0.279. The number of fused-ring (bicyclic) bond motifs is 2. The molecule has 0 fully saturated rings. The number of rotatable bonds is 5. The Hall–Kier alpha value is -4.64. The summed E-state index contributed by atoms with van der Waals surface area (Å²) in [7, 11) is 1.68. The van der Waals surface area contributed by atoms with E-state index < -0.39 is 0 Å². The number of para-hydroxylation sites is 4. The van der Waals surface area contributed by atoms with Crippen LogP contribution in [0.25, 0.3) is 44.6 Å². The normalized spacial score (nSPS) is 11.6. The molecule has 0 radical (unpaired) electrons. The van der Waals surface area contributed by atoms with Crippen LogP contribution in [-0.4, -0.2) is 28.3 Å². The highest BCUT2D eigenvalue weighted by Gasteiger charge is 2.13. The summed E-state index contributed by atoms with van der Waals surface area (Å²) in [5, 5.41) is 1.12. The topological polar surface area (TPSA) is 66.1 Å². The van der Waals surface area contributed by atoms with Gasteiger partial charge in [0.05, 0.1) is 29.5 Å². The SMILES string of the molecule is COc1ccc(-c2[nH]c3ccccc3c2C=Nc2ccccc2-c2nc3ccccc3[nH]2)cc1. The first-order valence-corrected chi connectivity index (χ1v) is 11.1. The summed E-state index contributed by atoms with van der Waals surface area (Å²) < 4.78 is 5.33. The summed E-state index contributed by atoms with van der Waals surface area (Å²) >= 11 is 0. The summed E-state index contributed by atoms with van der Waals surface area (Å²) in [6.07, 6.45) is 1.94. The first-order chi connectivity index (χ1) is 16.8. The fourth-order valence-corrected chi connectivity index (χ4v) is 4.28. The van der Waals surface area contributed by atoms with Crippen molar-refractivity contribution in [3.63, 3.8) is 0 Å². The molecule has 34 heavy (non-hydrogen) atoms. The van der Waals surface area contributed by atoms with E-state index >= 15 is 0 Å². The minimum atomic E-state index is 0.809. The van der Waals surface area contributed by atoms with Crippen LogP contribution in [-0.2, 0) is 0 Å². The summed E-state index contributed by atoms with van der Waals surface area (Å²) in [6.45, 7) is 0. The van der Waals surface area contributed by atoms with Gasteiger partial charge in [0.25, 0.3) is 0 Å². The number of aliphatic imine (C=N–C) groups is 1. The highest BCUT2D eigenvalue weighted by Crippen LogP contribution is 2.33. The maximum atomic E-state index is 5.33. The predicted octanol–water partition coefficient (Wildman–Crippen LogP) is 7.14. The van der Waals surface area contributed by atoms with E-state index in [0.717, 1.165) is 61.6 Å². The van der Waals surface area contributed by atoms with Gasteiger partial charge in [-0.25, -0.2) is 4.98 Å². The van der Waals surface area contributed by atoms with Crippen LogP contribution >= 0.6 is 0 Å². The summed E-state index contributed by atoms with van der Waals surface area (Å²) in [5.41, 5.74) is 7.97. The Balaban J connectivity index is 1.46. The van der Waals surface area contributed by atoms with E-state index in [1.165, 1.54) is 0 Å². The minimum absolute atomic E-state index is 0.809. The van der Waals surface area contributed by atoms with E-state index in [9.17, 15) is 0 Å². The molecule has 2 heterocycles. The van der Waals surface area contributed by atoms with E-state index in [0.29, 0.717) is 0 Å². The summed E-state index contributed by atoms with van der Waals surface area (Å²) in [6, 6.07) is 32.5. The van der Waals surface area contributed by atoms with Gasteiger partial charge in [-0.15, -0.1) is 0 Å². The highest BCUT2D eigenvalue weighted by atomic mass is 16.5. The molecule has 6 rings (SSSR count). The van der Waals surface area contributed by atoms with E-state index in [2.05, 4.69) is 34.2 Å². The molecule has 0 saturated carbocycles. The van der Waals surface area contributed by atoms with Crippen LogP contribution in [0.2, 0.25) is 0 Å². The number of nitrogens with zero attached hydrogens (tertiary/aromatic N) is 2. The first-order valence-electron chi connectivity index (χ1n) is 11.1. The largest absolute Gasteiger partial charge is 0.497 e. The molecule has 164 valence electrons. The average Bonchev–Trinajstić information content (AvgIpc) is 3.49. The van der Waals surface area contributed by atoms with Gasteiger partial charge in [0, 0.05) is 28.2 Å². The van der Waals surface area contributed by atoms with Gasteiger partial charge >= 0.3 is 0 Å². The number of hydrogen-bond donors (Lipinski definition) is 2. The second-order valence-electron chi connectivity index (χ2n) is 8.07. The van der Waals surface area contributed by atoms with Crippen molar-refractivity contribution in [2.45, 2.75) is 0 Å². The maximum Gasteiger partial charge on any atom is 0.140 e. The van der Waals surface area contributed by atoms with Gasteiger partial charge in [0.2, 0.25) is 0 Å². The van der Waals surface area contributed by atoms with Gasteiger partial charge in [-0.1, -0.05) is 42.5 Å². The summed E-state index contributed by atoms with van der Waals surface area (Å²) in [5.74, 6) is 1.64. The van der Waals surface area contributed by atoms with Crippen LogP contribution in [0.1, 0.15) is 5.56 Å². The third-order valence-corrected chi connectivity index (χ3v) is 6.01. The van der Waals surface area contributed by atoms with Gasteiger partial charge in [-0.2, -0.15) is 0 Å². The molecular weight excluding hydrogens is 420 g/mol. The molecule has 4 aromatic carbocycles. The molecule has 2 N–H and O–H groups in total. The van der Waals surface area contributed by atoms with Gasteiger partial charge < -0.3 is 14.7 Å². The van der Waals surface area contributed by atoms with Crippen molar-refractivity contribution in [2.75, 3.05) is 7.11 Å². The monoisotopic (exact) mass is 442 g/mol. The number of aromatic amines is 2. The zero-order valence-corrected chi connectivity index (χ0v) is 18.6. The lowest BCUT2D eigenvalue weighted by atomic mass is 10.1. The number of benzene rings is 4. The number of methoxy groups -OCH3 is 1. The molecule has 0 aliphatic carbocycles. The lowest BCUT2D eigenvalue weighted by Gasteiger charge is -2.05. The van der Waals surface area contributed by atoms with Crippen molar-refractivity contribution < 1.29 is 4.74 Å². The Bertz CT molecular complexity index is 1610. The Labute approximate surface area is 196 Å².